The van der Waals surface area contributed by atoms with E-state index in [0.717, 1.165) is 0 Å². The third kappa shape index (κ3) is 5.96. The molecule has 8 heteroatoms. The fourth-order valence-corrected chi connectivity index (χ4v) is 0.258. The number of hydrogen-bond acceptors (Lipinski definition) is 6. The number of carboxylic acid groups (broad SMARTS) is 2. The van der Waals surface area contributed by atoms with Crippen molar-refractivity contribution >= 4 is 11.9 Å². The zero-order valence-electron chi connectivity index (χ0n) is 5.98. The summed E-state index contributed by atoms with van der Waals surface area (Å²) < 4.78 is 0. The third-order valence-electron chi connectivity index (χ3n) is 0.782. The molecule has 0 rings (SSSR count). The summed E-state index contributed by atoms with van der Waals surface area (Å²) in [5, 5.41) is 35.7. The molecular weight excluding hydrogens is 231 g/mol. The molecule has 67 valence electrons. The van der Waals surface area contributed by atoms with Gasteiger partial charge in [-0.05, 0) is 0 Å². The van der Waals surface area contributed by atoms with E-state index in [1.165, 1.54) is 0 Å². The summed E-state index contributed by atoms with van der Waals surface area (Å²) >= 11 is 0. The summed E-state index contributed by atoms with van der Waals surface area (Å²) in [5.41, 5.74) is 0. The summed E-state index contributed by atoms with van der Waals surface area (Å²) in [7, 11) is 0. The Balaban J connectivity index is -0.000000405. The average molecular weight is 235 g/mol. The fraction of sp³-hybridized carbons (Fsp3) is 0.500. The smallest absolute Gasteiger partial charge is 0.547 e. The largest absolute Gasteiger partial charge is 2.00 e. The van der Waals surface area contributed by atoms with Crippen LogP contribution in [0.2, 0.25) is 0 Å². The fourth-order valence-electron chi connectivity index (χ4n) is 0.258. The Morgan fingerprint density at radius 2 is 1.17 bits per heavy atom. The van der Waals surface area contributed by atoms with E-state index >= 15 is 0 Å². The van der Waals surface area contributed by atoms with Gasteiger partial charge < -0.3 is 30.0 Å². The van der Waals surface area contributed by atoms with Gasteiger partial charge in [-0.15, -0.1) is 0 Å². The number of aliphatic carboxylic acids is 2. The summed E-state index contributed by atoms with van der Waals surface area (Å²) in [6, 6.07) is 0. The van der Waals surface area contributed by atoms with Crippen molar-refractivity contribution in [2.24, 2.45) is 0 Å². The Morgan fingerprint density at radius 3 is 1.25 bits per heavy atom. The summed E-state index contributed by atoms with van der Waals surface area (Å²) in [6.45, 7) is 0. The van der Waals surface area contributed by atoms with Gasteiger partial charge in [0, 0.05) is 0 Å². The van der Waals surface area contributed by atoms with Crippen molar-refractivity contribution in [1.82, 2.24) is 0 Å². The molecule has 0 fully saturated rings. The second-order valence-electron chi connectivity index (χ2n) is 1.53. The Morgan fingerprint density at radius 1 is 1.00 bits per heavy atom. The molecular formula is C4H4CuNaO6+. The molecule has 0 aromatic rings. The van der Waals surface area contributed by atoms with Crippen LogP contribution in [-0.4, -0.2) is 34.4 Å². The maximum Gasteiger partial charge on any atom is 2.00 e. The van der Waals surface area contributed by atoms with Gasteiger partial charge in [-0.1, -0.05) is 0 Å². The molecule has 0 aliphatic rings. The number of carboxylic acids is 2. The van der Waals surface area contributed by atoms with E-state index < -0.39 is 24.1 Å². The maximum atomic E-state index is 9.63. The molecule has 0 amide bonds. The van der Waals surface area contributed by atoms with Crippen LogP contribution < -0.4 is 39.8 Å². The summed E-state index contributed by atoms with van der Waals surface area (Å²) in [6.07, 6.45) is -4.88. The molecule has 2 N–H and O–H groups in total. The number of carbonyl (C=O) groups is 2. The molecule has 0 aromatic carbocycles. The molecule has 0 saturated heterocycles. The average Bonchev–Trinajstić information content (AvgIpc) is 1.84. The first-order valence-electron chi connectivity index (χ1n) is 2.24. The first kappa shape index (κ1) is 18.2. The molecule has 0 saturated carbocycles. The number of rotatable bonds is 3. The Labute approximate surface area is 100 Å². The van der Waals surface area contributed by atoms with Crippen molar-refractivity contribution in [2.45, 2.75) is 12.2 Å². The van der Waals surface area contributed by atoms with Crippen molar-refractivity contribution in [2.75, 3.05) is 0 Å². The van der Waals surface area contributed by atoms with E-state index in [1.54, 1.807) is 0 Å². The summed E-state index contributed by atoms with van der Waals surface area (Å²) in [4.78, 5) is 19.3. The Hall–Kier alpha value is 0.379. The minimum atomic E-state index is -2.44. The van der Waals surface area contributed by atoms with Crippen LogP contribution in [0, 0.1) is 0 Å². The van der Waals surface area contributed by atoms with Gasteiger partial charge in [0.15, 0.2) is 0 Å². The molecule has 0 aliphatic heterocycles. The molecule has 0 aliphatic carbocycles. The van der Waals surface area contributed by atoms with Gasteiger partial charge in [-0.3, -0.25) is 0 Å². The van der Waals surface area contributed by atoms with Gasteiger partial charge in [-0.25, -0.2) is 0 Å². The second-order valence-corrected chi connectivity index (χ2v) is 1.53. The molecule has 1 radical (unpaired) electrons. The summed E-state index contributed by atoms with van der Waals surface area (Å²) in [5.74, 6) is -4.12. The maximum absolute atomic E-state index is 9.63. The van der Waals surface area contributed by atoms with Gasteiger partial charge in [0.05, 0.1) is 11.9 Å². The molecule has 6 nitrogen and oxygen atoms in total. The van der Waals surface area contributed by atoms with Crippen molar-refractivity contribution in [3.8, 4) is 0 Å². The van der Waals surface area contributed by atoms with E-state index in [-0.39, 0.29) is 46.6 Å². The number of aliphatic hydroxyl groups excluding tert-OH is 2. The predicted octanol–water partition coefficient (Wildman–Crippen LogP) is -7.79. The van der Waals surface area contributed by atoms with E-state index in [9.17, 15) is 19.8 Å². The minimum absolute atomic E-state index is 0. The Bertz CT molecular complexity index is 144. The first-order valence-corrected chi connectivity index (χ1v) is 2.24. The molecule has 0 aromatic heterocycles. The van der Waals surface area contributed by atoms with Crippen LogP contribution in [0.1, 0.15) is 0 Å². The number of carbonyl (C=O) groups excluding carboxylic acids is 2. The normalized spacial score (nSPS) is 13.2. The van der Waals surface area contributed by atoms with Crippen LogP contribution in [0.25, 0.3) is 0 Å². The van der Waals surface area contributed by atoms with Crippen LogP contribution >= 0.6 is 0 Å². The third-order valence-corrected chi connectivity index (χ3v) is 0.782. The monoisotopic (exact) mass is 234 g/mol. The van der Waals surface area contributed by atoms with Crippen molar-refractivity contribution in [3.63, 3.8) is 0 Å². The van der Waals surface area contributed by atoms with Crippen molar-refractivity contribution in [3.05, 3.63) is 0 Å². The van der Waals surface area contributed by atoms with Crippen LogP contribution in [0.15, 0.2) is 0 Å². The van der Waals surface area contributed by atoms with E-state index in [2.05, 4.69) is 0 Å². The van der Waals surface area contributed by atoms with Gasteiger partial charge in [0.25, 0.3) is 0 Å². The molecule has 0 bridgehead atoms. The molecule has 0 spiro atoms. The van der Waals surface area contributed by atoms with Crippen LogP contribution in [0.4, 0.5) is 0 Å². The standard InChI is InChI=1S/C4H6O6.Cu.Na/c5-1(3(7)8)2(6)4(9)10;;/h1-2,5-6H,(H,7,8)(H,9,10);;/q;+2;+1/p-2. The Kier molecular flexibility index (Phi) is 12.1. The predicted molar refractivity (Wildman–Crippen MR) is 22.0 cm³/mol. The SMILES string of the molecule is O=C([O-])C(O)C(O)C(=O)[O-].[Cu+2].[Na+]. The second kappa shape index (κ2) is 8.00. The van der Waals surface area contributed by atoms with Gasteiger partial charge in [0.2, 0.25) is 0 Å². The van der Waals surface area contributed by atoms with E-state index in [0.29, 0.717) is 0 Å². The quantitative estimate of drug-likeness (QED) is 0.468. The van der Waals surface area contributed by atoms with Gasteiger partial charge >= 0.3 is 46.6 Å². The topological polar surface area (TPSA) is 121 Å². The van der Waals surface area contributed by atoms with Crippen molar-refractivity contribution < 1.29 is 76.6 Å². The molecule has 2 atom stereocenters. The zero-order chi connectivity index (χ0) is 8.31. The van der Waals surface area contributed by atoms with Crippen LogP contribution in [0.5, 0.6) is 0 Å². The van der Waals surface area contributed by atoms with Gasteiger partial charge in [-0.2, -0.15) is 0 Å². The van der Waals surface area contributed by atoms with E-state index in [1.807, 2.05) is 0 Å². The van der Waals surface area contributed by atoms with Crippen LogP contribution in [-0.2, 0) is 26.7 Å². The number of hydrogen-bond donors (Lipinski definition) is 2. The molecule has 12 heavy (non-hydrogen) atoms. The molecule has 0 heterocycles. The first-order chi connectivity index (χ1) is 4.46. The number of aliphatic hydroxyl groups is 2. The molecule has 2 unspecified atom stereocenters. The van der Waals surface area contributed by atoms with E-state index in [4.69, 9.17) is 10.2 Å². The zero-order valence-corrected chi connectivity index (χ0v) is 8.93. The van der Waals surface area contributed by atoms with Crippen molar-refractivity contribution in [1.29, 1.82) is 0 Å². The minimum Gasteiger partial charge on any atom is -0.547 e. The van der Waals surface area contributed by atoms with Gasteiger partial charge in [0.1, 0.15) is 12.2 Å². The van der Waals surface area contributed by atoms with Crippen LogP contribution in [0.3, 0.4) is 0 Å².